The van der Waals surface area contributed by atoms with Crippen molar-refractivity contribution in [3.63, 3.8) is 0 Å². The lowest BCUT2D eigenvalue weighted by Gasteiger charge is -2.32. The summed E-state index contributed by atoms with van der Waals surface area (Å²) < 4.78 is 5.27. The van der Waals surface area contributed by atoms with Crippen LogP contribution in [0.3, 0.4) is 0 Å². The second kappa shape index (κ2) is 15.3. The molecule has 1 saturated heterocycles. The summed E-state index contributed by atoms with van der Waals surface area (Å²) in [6.45, 7) is 14.4. The highest BCUT2D eigenvalue weighted by Gasteiger charge is 2.31. The number of esters is 1. The van der Waals surface area contributed by atoms with Gasteiger partial charge in [-0.1, -0.05) is 60.7 Å². The Bertz CT molecular complexity index is 1440. The first-order valence-electron chi connectivity index (χ1n) is 17.1. The van der Waals surface area contributed by atoms with Gasteiger partial charge < -0.3 is 4.74 Å². The molecule has 5 heteroatoms. The van der Waals surface area contributed by atoms with Gasteiger partial charge in [0.2, 0.25) is 0 Å². The molecule has 240 valence electrons. The Labute approximate surface area is 271 Å². The Balaban J connectivity index is 1.05. The minimum Gasteiger partial charge on any atom is -0.465 e. The Morgan fingerprint density at radius 3 is 2.38 bits per heavy atom. The standard InChI is InChI=1S/C40H52N2O3/c1-5-45-39(44)40(3,4)37-19-15-32(16-20-37)27-41-24-21-31(22-25-41)11-8-14-38(43)34-18-17-33-13-9-23-42(29-36(33)26-34)28-35-12-7-6-10-30(35)2/h6-7,10,12,15-20,26,31H,5,8-9,11,13-14,21-25,27-29H2,1-4H3. The highest BCUT2D eigenvalue weighted by molar-refractivity contribution is 5.96. The molecule has 0 spiro atoms. The average Bonchev–Trinajstić information content (AvgIpc) is 3.24. The van der Waals surface area contributed by atoms with Crippen molar-refractivity contribution >= 4 is 11.8 Å². The van der Waals surface area contributed by atoms with Gasteiger partial charge in [0.15, 0.2) is 5.78 Å². The summed E-state index contributed by atoms with van der Waals surface area (Å²) in [5.74, 6) is 0.809. The van der Waals surface area contributed by atoms with Crippen LogP contribution in [0.25, 0.3) is 0 Å². The maximum absolute atomic E-state index is 13.2. The maximum atomic E-state index is 13.2. The van der Waals surface area contributed by atoms with Crippen molar-refractivity contribution in [2.75, 3.05) is 26.2 Å². The molecule has 45 heavy (non-hydrogen) atoms. The maximum Gasteiger partial charge on any atom is 0.315 e. The topological polar surface area (TPSA) is 49.9 Å². The highest BCUT2D eigenvalue weighted by Crippen LogP contribution is 2.28. The molecule has 0 radical (unpaired) electrons. The fourth-order valence-electron chi connectivity index (χ4n) is 7.01. The molecule has 3 aromatic carbocycles. The average molecular weight is 609 g/mol. The van der Waals surface area contributed by atoms with E-state index in [0.29, 0.717) is 24.7 Å². The van der Waals surface area contributed by atoms with Crippen molar-refractivity contribution in [1.82, 2.24) is 9.80 Å². The number of ketones is 1. The quantitative estimate of drug-likeness (QED) is 0.154. The molecule has 2 aliphatic heterocycles. The van der Waals surface area contributed by atoms with Crippen molar-refractivity contribution in [2.24, 2.45) is 5.92 Å². The van der Waals surface area contributed by atoms with E-state index in [9.17, 15) is 9.59 Å². The first-order chi connectivity index (χ1) is 21.7. The second-order valence-electron chi connectivity index (χ2n) is 13.8. The summed E-state index contributed by atoms with van der Waals surface area (Å²) >= 11 is 0. The molecule has 0 N–H and O–H groups in total. The molecule has 2 heterocycles. The zero-order chi connectivity index (χ0) is 31.8. The van der Waals surface area contributed by atoms with Crippen LogP contribution in [0.15, 0.2) is 66.7 Å². The number of Topliss-reactive ketones (excluding diaryl/α,β-unsaturated/α-hetero) is 1. The van der Waals surface area contributed by atoms with Crippen molar-refractivity contribution < 1.29 is 14.3 Å². The van der Waals surface area contributed by atoms with E-state index in [1.54, 1.807) is 0 Å². The van der Waals surface area contributed by atoms with Gasteiger partial charge in [0.25, 0.3) is 0 Å². The van der Waals surface area contributed by atoms with Crippen LogP contribution in [0, 0.1) is 12.8 Å². The van der Waals surface area contributed by atoms with Gasteiger partial charge in [-0.15, -0.1) is 0 Å². The zero-order valence-corrected chi connectivity index (χ0v) is 27.9. The molecule has 0 aromatic heterocycles. The Morgan fingerprint density at radius 1 is 0.889 bits per heavy atom. The van der Waals surface area contributed by atoms with E-state index in [2.05, 4.69) is 83.5 Å². The Morgan fingerprint density at radius 2 is 1.64 bits per heavy atom. The minimum absolute atomic E-state index is 0.180. The molecule has 3 aromatic rings. The van der Waals surface area contributed by atoms with Gasteiger partial charge in [-0.05, 0) is 131 Å². The number of likely N-dealkylation sites (tertiary alicyclic amines) is 1. The zero-order valence-electron chi connectivity index (χ0n) is 27.9. The predicted molar refractivity (Wildman–Crippen MR) is 182 cm³/mol. The van der Waals surface area contributed by atoms with E-state index < -0.39 is 5.41 Å². The van der Waals surface area contributed by atoms with Crippen molar-refractivity contribution in [3.8, 4) is 0 Å². The summed E-state index contributed by atoms with van der Waals surface area (Å²) in [5, 5.41) is 0. The molecule has 5 rings (SSSR count). The third-order valence-electron chi connectivity index (χ3n) is 10.1. The van der Waals surface area contributed by atoms with Crippen LogP contribution < -0.4 is 0 Å². The number of rotatable bonds is 12. The first kappa shape index (κ1) is 33.1. The van der Waals surface area contributed by atoms with Crippen LogP contribution in [-0.2, 0) is 41.0 Å². The number of aryl methyl sites for hydroxylation is 2. The summed E-state index contributed by atoms with van der Waals surface area (Å²) in [6, 6.07) is 23.6. The van der Waals surface area contributed by atoms with E-state index >= 15 is 0 Å². The second-order valence-corrected chi connectivity index (χ2v) is 13.8. The van der Waals surface area contributed by atoms with Crippen LogP contribution in [0.2, 0.25) is 0 Å². The molecule has 0 amide bonds. The molecule has 0 unspecified atom stereocenters. The number of carbonyl (C=O) groups is 2. The fraction of sp³-hybridized carbons (Fsp3) is 0.500. The molecule has 0 saturated carbocycles. The summed E-state index contributed by atoms with van der Waals surface area (Å²) in [6.07, 6.45) is 7.37. The Kier molecular flexibility index (Phi) is 11.3. The van der Waals surface area contributed by atoms with Gasteiger partial charge in [0, 0.05) is 31.6 Å². The van der Waals surface area contributed by atoms with Crippen molar-refractivity contribution in [3.05, 3.63) is 106 Å². The van der Waals surface area contributed by atoms with Crippen LogP contribution in [-0.4, -0.2) is 47.8 Å². The van der Waals surface area contributed by atoms with E-state index in [1.807, 2.05) is 20.8 Å². The van der Waals surface area contributed by atoms with Gasteiger partial charge >= 0.3 is 5.97 Å². The van der Waals surface area contributed by atoms with Crippen LogP contribution >= 0.6 is 0 Å². The number of carbonyl (C=O) groups excluding carboxylic acids is 2. The molecule has 2 aliphatic rings. The monoisotopic (exact) mass is 608 g/mol. The molecule has 5 nitrogen and oxygen atoms in total. The van der Waals surface area contributed by atoms with E-state index in [1.165, 1.54) is 40.7 Å². The molecule has 0 atom stereocenters. The third kappa shape index (κ3) is 8.71. The molecule has 1 fully saturated rings. The smallest absolute Gasteiger partial charge is 0.315 e. The van der Waals surface area contributed by atoms with E-state index in [-0.39, 0.29) is 5.97 Å². The molecule has 0 aliphatic carbocycles. The molecule has 0 bridgehead atoms. The van der Waals surface area contributed by atoms with Crippen LogP contribution in [0.4, 0.5) is 0 Å². The van der Waals surface area contributed by atoms with E-state index in [4.69, 9.17) is 4.74 Å². The number of nitrogens with zero attached hydrogens (tertiary/aromatic N) is 2. The lowest BCUT2D eigenvalue weighted by atomic mass is 9.84. The summed E-state index contributed by atoms with van der Waals surface area (Å²) in [5.41, 5.74) is 7.99. The van der Waals surface area contributed by atoms with Gasteiger partial charge in [0.1, 0.15) is 0 Å². The van der Waals surface area contributed by atoms with Gasteiger partial charge in [-0.3, -0.25) is 19.4 Å². The first-order valence-corrected chi connectivity index (χ1v) is 17.1. The van der Waals surface area contributed by atoms with Crippen molar-refractivity contribution in [2.45, 2.75) is 97.7 Å². The molecular formula is C40H52N2O3. The predicted octanol–water partition coefficient (Wildman–Crippen LogP) is 8.05. The number of ether oxygens (including phenoxy) is 1. The molecular weight excluding hydrogens is 556 g/mol. The van der Waals surface area contributed by atoms with Crippen LogP contribution in [0.5, 0.6) is 0 Å². The number of benzene rings is 3. The largest absolute Gasteiger partial charge is 0.465 e. The lowest BCUT2D eigenvalue weighted by molar-refractivity contribution is -0.148. The normalized spacial score (nSPS) is 16.6. The lowest BCUT2D eigenvalue weighted by Crippen LogP contribution is -2.33. The number of piperidine rings is 1. The van der Waals surface area contributed by atoms with Crippen molar-refractivity contribution in [1.29, 1.82) is 0 Å². The minimum atomic E-state index is -0.642. The SMILES string of the molecule is CCOC(=O)C(C)(C)c1ccc(CN2CCC(CCCC(=O)c3ccc4c(c3)CN(Cc3ccccc3C)CCC4)CC2)cc1. The van der Waals surface area contributed by atoms with E-state index in [0.717, 1.165) is 76.1 Å². The van der Waals surface area contributed by atoms with Crippen LogP contribution in [0.1, 0.15) is 103 Å². The summed E-state index contributed by atoms with van der Waals surface area (Å²) in [7, 11) is 0. The fourth-order valence-corrected chi connectivity index (χ4v) is 7.01. The highest BCUT2D eigenvalue weighted by atomic mass is 16.5. The summed E-state index contributed by atoms with van der Waals surface area (Å²) in [4.78, 5) is 30.7. The number of hydrogen-bond acceptors (Lipinski definition) is 5. The Hall–Kier alpha value is -3.28. The number of fused-ring (bicyclic) bond motifs is 1. The third-order valence-corrected chi connectivity index (χ3v) is 10.1. The van der Waals surface area contributed by atoms with Gasteiger partial charge in [-0.25, -0.2) is 0 Å². The van der Waals surface area contributed by atoms with Gasteiger partial charge in [0.05, 0.1) is 12.0 Å². The number of hydrogen-bond donors (Lipinski definition) is 0. The van der Waals surface area contributed by atoms with Gasteiger partial charge in [-0.2, -0.15) is 0 Å².